The number of methoxy groups -OCH3 is 1. The van der Waals surface area contributed by atoms with E-state index in [1.54, 1.807) is 13.3 Å². The molecule has 0 fully saturated rings. The maximum atomic E-state index is 5.16. The Balaban J connectivity index is 2.10. The van der Waals surface area contributed by atoms with Crippen LogP contribution in [0.4, 0.5) is 0 Å². The van der Waals surface area contributed by atoms with Crippen molar-refractivity contribution in [2.75, 3.05) is 7.11 Å². The Morgan fingerprint density at radius 1 is 1.14 bits per heavy atom. The van der Waals surface area contributed by atoms with Crippen molar-refractivity contribution in [3.05, 3.63) is 58.3 Å². The van der Waals surface area contributed by atoms with Crippen LogP contribution in [0.15, 0.2) is 30.5 Å². The Morgan fingerprint density at radius 2 is 1.81 bits per heavy atom. The second-order valence-electron chi connectivity index (χ2n) is 5.62. The number of hydrogen-bond acceptors (Lipinski definition) is 3. The lowest BCUT2D eigenvalue weighted by atomic mass is 9.95. The minimum Gasteiger partial charge on any atom is -0.481 e. The average Bonchev–Trinajstić information content (AvgIpc) is 2.44. The van der Waals surface area contributed by atoms with Gasteiger partial charge in [0.25, 0.3) is 0 Å². The summed E-state index contributed by atoms with van der Waals surface area (Å²) in [5.74, 6) is 0.657. The van der Waals surface area contributed by atoms with Crippen LogP contribution in [0, 0.1) is 20.8 Å². The monoisotopic (exact) mass is 284 g/mol. The number of pyridine rings is 1. The topological polar surface area (TPSA) is 34.1 Å². The normalized spacial score (nSPS) is 12.2. The van der Waals surface area contributed by atoms with E-state index in [0.717, 1.165) is 6.54 Å². The molecule has 0 saturated heterocycles. The standard InChI is InChI=1S/C18H24N2O/c1-12-8-13(2)18(14(3)9-12)15(4)20-11-16-6-7-19-17(10-16)21-5/h6-10,15,20H,11H2,1-5H3. The molecular weight excluding hydrogens is 260 g/mol. The van der Waals surface area contributed by atoms with Gasteiger partial charge in [0.15, 0.2) is 0 Å². The molecule has 0 aliphatic rings. The van der Waals surface area contributed by atoms with Crippen LogP contribution in [0.25, 0.3) is 0 Å². The zero-order chi connectivity index (χ0) is 15.4. The van der Waals surface area contributed by atoms with E-state index in [-0.39, 0.29) is 0 Å². The lowest BCUT2D eigenvalue weighted by Crippen LogP contribution is -2.20. The van der Waals surface area contributed by atoms with Gasteiger partial charge in [-0.3, -0.25) is 0 Å². The molecule has 1 aromatic carbocycles. The SMILES string of the molecule is COc1cc(CNC(C)c2c(C)cc(C)cc2C)ccn1. The van der Waals surface area contributed by atoms with Crippen molar-refractivity contribution in [2.45, 2.75) is 40.3 Å². The third-order valence-corrected chi connectivity index (χ3v) is 3.79. The van der Waals surface area contributed by atoms with Crippen molar-refractivity contribution in [1.82, 2.24) is 10.3 Å². The second kappa shape index (κ2) is 6.72. The number of ether oxygens (including phenoxy) is 1. The highest BCUT2D eigenvalue weighted by Crippen LogP contribution is 2.23. The number of rotatable bonds is 5. The predicted octanol–water partition coefficient (Wildman–Crippen LogP) is 3.87. The van der Waals surface area contributed by atoms with Crippen LogP contribution < -0.4 is 10.1 Å². The van der Waals surface area contributed by atoms with Crippen molar-refractivity contribution in [3.63, 3.8) is 0 Å². The molecule has 1 unspecified atom stereocenters. The smallest absolute Gasteiger partial charge is 0.213 e. The van der Waals surface area contributed by atoms with Gasteiger partial charge in [-0.25, -0.2) is 4.98 Å². The van der Waals surface area contributed by atoms with E-state index < -0.39 is 0 Å². The molecule has 0 aliphatic heterocycles. The summed E-state index contributed by atoms with van der Waals surface area (Å²) in [4.78, 5) is 4.13. The zero-order valence-corrected chi connectivity index (χ0v) is 13.5. The highest BCUT2D eigenvalue weighted by molar-refractivity contribution is 5.39. The Bertz CT molecular complexity index is 599. The molecule has 21 heavy (non-hydrogen) atoms. The number of nitrogens with zero attached hydrogens (tertiary/aromatic N) is 1. The van der Waals surface area contributed by atoms with Gasteiger partial charge in [0.05, 0.1) is 7.11 Å². The highest BCUT2D eigenvalue weighted by atomic mass is 16.5. The molecule has 0 bridgehead atoms. The van der Waals surface area contributed by atoms with Gasteiger partial charge in [-0.05, 0) is 56.0 Å². The van der Waals surface area contributed by atoms with Gasteiger partial charge in [0, 0.05) is 24.8 Å². The Morgan fingerprint density at radius 3 is 2.43 bits per heavy atom. The van der Waals surface area contributed by atoms with E-state index in [1.165, 1.54) is 27.8 Å². The summed E-state index contributed by atoms with van der Waals surface area (Å²) in [6.07, 6.45) is 1.78. The van der Waals surface area contributed by atoms with Crippen LogP contribution >= 0.6 is 0 Å². The molecule has 1 atom stereocenters. The first-order valence-electron chi connectivity index (χ1n) is 7.31. The quantitative estimate of drug-likeness (QED) is 0.905. The van der Waals surface area contributed by atoms with Gasteiger partial charge in [-0.15, -0.1) is 0 Å². The summed E-state index contributed by atoms with van der Waals surface area (Å²) in [6, 6.07) is 8.78. The second-order valence-corrected chi connectivity index (χ2v) is 5.62. The van der Waals surface area contributed by atoms with E-state index in [4.69, 9.17) is 4.74 Å². The van der Waals surface area contributed by atoms with Gasteiger partial charge in [-0.2, -0.15) is 0 Å². The van der Waals surface area contributed by atoms with Gasteiger partial charge in [0.2, 0.25) is 5.88 Å². The van der Waals surface area contributed by atoms with E-state index in [2.05, 4.69) is 50.1 Å². The number of aryl methyl sites for hydroxylation is 3. The molecule has 0 amide bonds. The summed E-state index contributed by atoms with van der Waals surface area (Å²) in [5, 5.41) is 3.58. The first-order valence-corrected chi connectivity index (χ1v) is 7.31. The molecule has 1 heterocycles. The molecule has 2 aromatic rings. The van der Waals surface area contributed by atoms with Gasteiger partial charge in [-0.1, -0.05) is 17.7 Å². The number of nitrogens with one attached hydrogen (secondary N) is 1. The summed E-state index contributed by atoms with van der Waals surface area (Å²) in [5.41, 5.74) is 6.58. The third kappa shape index (κ3) is 3.82. The van der Waals surface area contributed by atoms with E-state index >= 15 is 0 Å². The molecule has 3 heteroatoms. The van der Waals surface area contributed by atoms with E-state index in [1.807, 2.05) is 12.1 Å². The Kier molecular flexibility index (Phi) is 4.97. The highest BCUT2D eigenvalue weighted by Gasteiger charge is 2.11. The van der Waals surface area contributed by atoms with Crippen molar-refractivity contribution in [2.24, 2.45) is 0 Å². The maximum Gasteiger partial charge on any atom is 0.213 e. The molecule has 0 spiro atoms. The molecule has 0 aliphatic carbocycles. The maximum absolute atomic E-state index is 5.16. The van der Waals surface area contributed by atoms with Gasteiger partial charge in [0.1, 0.15) is 0 Å². The van der Waals surface area contributed by atoms with Crippen LogP contribution in [0.3, 0.4) is 0 Å². The number of benzene rings is 1. The largest absolute Gasteiger partial charge is 0.481 e. The Labute approximate surface area is 127 Å². The van der Waals surface area contributed by atoms with Crippen LogP contribution in [0.2, 0.25) is 0 Å². The fourth-order valence-corrected chi connectivity index (χ4v) is 2.92. The molecule has 2 rings (SSSR count). The minimum atomic E-state index is 0.310. The lowest BCUT2D eigenvalue weighted by molar-refractivity contribution is 0.397. The summed E-state index contributed by atoms with van der Waals surface area (Å²) in [7, 11) is 1.64. The molecule has 1 aromatic heterocycles. The molecular formula is C18H24N2O. The van der Waals surface area contributed by atoms with Crippen molar-refractivity contribution < 1.29 is 4.74 Å². The summed E-state index contributed by atoms with van der Waals surface area (Å²) < 4.78 is 5.16. The average molecular weight is 284 g/mol. The molecule has 1 N–H and O–H groups in total. The zero-order valence-electron chi connectivity index (χ0n) is 13.5. The van der Waals surface area contributed by atoms with Crippen molar-refractivity contribution in [1.29, 1.82) is 0 Å². The minimum absolute atomic E-state index is 0.310. The summed E-state index contributed by atoms with van der Waals surface area (Å²) >= 11 is 0. The van der Waals surface area contributed by atoms with Crippen LogP contribution in [0.5, 0.6) is 5.88 Å². The van der Waals surface area contributed by atoms with Crippen LogP contribution in [0.1, 0.15) is 40.8 Å². The molecule has 0 saturated carbocycles. The van der Waals surface area contributed by atoms with E-state index in [0.29, 0.717) is 11.9 Å². The fraction of sp³-hybridized carbons (Fsp3) is 0.389. The molecule has 0 radical (unpaired) electrons. The first kappa shape index (κ1) is 15.5. The number of aromatic nitrogens is 1. The first-order chi connectivity index (χ1) is 10.0. The predicted molar refractivity (Wildman–Crippen MR) is 86.7 cm³/mol. The van der Waals surface area contributed by atoms with Crippen molar-refractivity contribution in [3.8, 4) is 5.88 Å². The van der Waals surface area contributed by atoms with Crippen LogP contribution in [-0.2, 0) is 6.54 Å². The van der Waals surface area contributed by atoms with Gasteiger partial charge < -0.3 is 10.1 Å². The van der Waals surface area contributed by atoms with Crippen molar-refractivity contribution >= 4 is 0 Å². The Hall–Kier alpha value is -1.87. The van der Waals surface area contributed by atoms with E-state index in [9.17, 15) is 0 Å². The molecule has 112 valence electrons. The van der Waals surface area contributed by atoms with Crippen LogP contribution in [-0.4, -0.2) is 12.1 Å². The third-order valence-electron chi connectivity index (χ3n) is 3.79. The fourth-order valence-electron chi connectivity index (χ4n) is 2.92. The number of hydrogen-bond donors (Lipinski definition) is 1. The lowest BCUT2D eigenvalue weighted by Gasteiger charge is -2.20. The summed E-state index contributed by atoms with van der Waals surface area (Å²) in [6.45, 7) is 9.52. The molecule has 3 nitrogen and oxygen atoms in total. The van der Waals surface area contributed by atoms with Gasteiger partial charge >= 0.3 is 0 Å².